The first-order valence-corrected chi connectivity index (χ1v) is 8.91. The van der Waals surface area contributed by atoms with Gasteiger partial charge < -0.3 is 14.6 Å². The Morgan fingerprint density at radius 3 is 2.71 bits per heavy atom. The van der Waals surface area contributed by atoms with E-state index in [1.165, 1.54) is 5.57 Å². The van der Waals surface area contributed by atoms with Gasteiger partial charge in [0.05, 0.1) is 17.3 Å². The van der Waals surface area contributed by atoms with Crippen LogP contribution < -0.4 is 0 Å². The van der Waals surface area contributed by atoms with Crippen molar-refractivity contribution >= 4 is 5.97 Å². The molecule has 132 valence electrons. The van der Waals surface area contributed by atoms with Gasteiger partial charge in [-0.1, -0.05) is 11.6 Å². The summed E-state index contributed by atoms with van der Waals surface area (Å²) in [5, 5.41) is 10.7. The Morgan fingerprint density at radius 1 is 1.21 bits per heavy atom. The van der Waals surface area contributed by atoms with E-state index in [0.29, 0.717) is 17.8 Å². The van der Waals surface area contributed by atoms with Crippen molar-refractivity contribution in [3.05, 3.63) is 34.6 Å². The van der Waals surface area contributed by atoms with E-state index in [1.54, 1.807) is 19.9 Å². The summed E-state index contributed by atoms with van der Waals surface area (Å²) in [6.45, 7) is 7.87. The van der Waals surface area contributed by atoms with Crippen molar-refractivity contribution in [3.63, 3.8) is 0 Å². The number of epoxide rings is 1. The molecule has 1 fully saturated rings. The molecule has 0 radical (unpaired) electrons. The zero-order chi connectivity index (χ0) is 17.5. The number of carbonyl (C=O) groups is 1. The number of allylic oxidation sites excluding steroid dienone is 3. The average Bonchev–Trinajstić information content (AvgIpc) is 3.06. The maximum Gasteiger partial charge on any atom is 0.339 e. The topological polar surface area (TPSA) is 59.1 Å². The number of aliphatic hydroxyl groups is 1. The summed E-state index contributed by atoms with van der Waals surface area (Å²) < 4.78 is 11.3. The van der Waals surface area contributed by atoms with Crippen LogP contribution in [0.3, 0.4) is 0 Å². The van der Waals surface area contributed by atoms with Gasteiger partial charge in [-0.15, -0.1) is 0 Å². The molecule has 2 aliphatic heterocycles. The lowest BCUT2D eigenvalue weighted by atomic mass is 9.90. The second kappa shape index (κ2) is 6.16. The van der Waals surface area contributed by atoms with Crippen LogP contribution in [0, 0.1) is 0 Å². The van der Waals surface area contributed by atoms with Gasteiger partial charge in [-0.25, -0.2) is 4.79 Å². The number of esters is 1. The van der Waals surface area contributed by atoms with Crippen molar-refractivity contribution in [2.45, 2.75) is 83.5 Å². The van der Waals surface area contributed by atoms with Gasteiger partial charge in [0.15, 0.2) is 0 Å². The van der Waals surface area contributed by atoms with Gasteiger partial charge in [-0.05, 0) is 72.3 Å². The first-order chi connectivity index (χ1) is 11.2. The Kier molecular flexibility index (Phi) is 4.47. The average molecular weight is 332 g/mol. The predicted molar refractivity (Wildman–Crippen MR) is 92.2 cm³/mol. The summed E-state index contributed by atoms with van der Waals surface area (Å²) in [5.41, 5.74) is 1.85. The van der Waals surface area contributed by atoms with Crippen LogP contribution in [0.4, 0.5) is 0 Å². The maximum atomic E-state index is 11.9. The van der Waals surface area contributed by atoms with Crippen LogP contribution >= 0.6 is 0 Å². The van der Waals surface area contributed by atoms with E-state index < -0.39 is 5.60 Å². The van der Waals surface area contributed by atoms with Gasteiger partial charge in [-0.3, -0.25) is 0 Å². The molecular weight excluding hydrogens is 304 g/mol. The molecule has 0 saturated carbocycles. The highest BCUT2D eigenvalue weighted by Crippen LogP contribution is 2.44. The zero-order valence-corrected chi connectivity index (χ0v) is 15.1. The molecule has 0 aromatic rings. The van der Waals surface area contributed by atoms with E-state index in [4.69, 9.17) is 9.47 Å². The highest BCUT2D eigenvalue weighted by atomic mass is 16.6. The van der Waals surface area contributed by atoms with Gasteiger partial charge in [0.1, 0.15) is 5.76 Å². The van der Waals surface area contributed by atoms with E-state index in [1.807, 2.05) is 0 Å². The first-order valence-electron chi connectivity index (χ1n) is 8.91. The van der Waals surface area contributed by atoms with Crippen LogP contribution in [0.1, 0.15) is 66.2 Å². The van der Waals surface area contributed by atoms with E-state index in [0.717, 1.165) is 37.7 Å². The molecule has 3 aliphatic rings. The van der Waals surface area contributed by atoms with E-state index in [-0.39, 0.29) is 17.7 Å². The lowest BCUT2D eigenvalue weighted by Crippen LogP contribution is -2.23. The van der Waals surface area contributed by atoms with E-state index in [9.17, 15) is 9.90 Å². The highest BCUT2D eigenvalue weighted by molar-refractivity contribution is 5.93. The molecule has 1 saturated heterocycles. The van der Waals surface area contributed by atoms with Gasteiger partial charge in [0.2, 0.25) is 0 Å². The second-order valence-corrected chi connectivity index (χ2v) is 7.91. The van der Waals surface area contributed by atoms with Crippen LogP contribution in [0.2, 0.25) is 0 Å². The molecule has 4 nitrogen and oxygen atoms in total. The molecule has 3 rings (SSSR count). The Balaban J connectivity index is 1.87. The lowest BCUT2D eigenvalue weighted by Gasteiger charge is -2.20. The molecule has 0 unspecified atom stereocenters. The summed E-state index contributed by atoms with van der Waals surface area (Å²) in [5.74, 6) is 0.239. The third-order valence-electron chi connectivity index (χ3n) is 5.55. The van der Waals surface area contributed by atoms with Gasteiger partial charge >= 0.3 is 5.97 Å². The SMILES string of the molecule is CC1=C2CC/C(C)=C/CC[C@]3(C)O[C@H]3CC[C@@](C)(O)/C=C/2OC1=O. The van der Waals surface area contributed by atoms with Crippen molar-refractivity contribution in [3.8, 4) is 0 Å². The molecule has 3 atom stereocenters. The van der Waals surface area contributed by atoms with Crippen LogP contribution in [-0.2, 0) is 14.3 Å². The largest absolute Gasteiger partial charge is 0.423 e. The van der Waals surface area contributed by atoms with Crippen LogP contribution in [0.25, 0.3) is 0 Å². The molecule has 0 aromatic heterocycles. The predicted octanol–water partition coefficient (Wildman–Crippen LogP) is 3.95. The van der Waals surface area contributed by atoms with Crippen LogP contribution in [-0.4, -0.2) is 28.4 Å². The van der Waals surface area contributed by atoms with Crippen molar-refractivity contribution in [1.82, 2.24) is 0 Å². The third-order valence-corrected chi connectivity index (χ3v) is 5.55. The molecule has 2 heterocycles. The molecule has 4 heteroatoms. The van der Waals surface area contributed by atoms with Gasteiger partial charge in [-0.2, -0.15) is 0 Å². The minimum Gasteiger partial charge on any atom is -0.423 e. The summed E-state index contributed by atoms with van der Waals surface area (Å²) in [6.07, 6.45) is 9.28. The van der Waals surface area contributed by atoms with Crippen molar-refractivity contribution in [2.75, 3.05) is 0 Å². The monoisotopic (exact) mass is 332 g/mol. The summed E-state index contributed by atoms with van der Waals surface area (Å²) >= 11 is 0. The molecule has 1 aliphatic carbocycles. The summed E-state index contributed by atoms with van der Waals surface area (Å²) in [4.78, 5) is 11.9. The fraction of sp³-hybridized carbons (Fsp3) is 0.650. The molecule has 0 spiro atoms. The van der Waals surface area contributed by atoms with Crippen molar-refractivity contribution < 1.29 is 19.4 Å². The number of ether oxygens (including phenoxy) is 2. The third kappa shape index (κ3) is 3.65. The minimum absolute atomic E-state index is 0.0500. The highest BCUT2D eigenvalue weighted by Gasteiger charge is 2.51. The fourth-order valence-electron chi connectivity index (χ4n) is 3.66. The van der Waals surface area contributed by atoms with Gasteiger partial charge in [0.25, 0.3) is 0 Å². The number of rotatable bonds is 0. The Bertz CT molecular complexity index is 638. The normalized spacial score (nSPS) is 42.0. The maximum absolute atomic E-state index is 11.9. The molecular formula is C20H28O4. The Hall–Kier alpha value is -1.39. The van der Waals surface area contributed by atoms with Gasteiger partial charge in [0, 0.05) is 11.1 Å². The molecule has 24 heavy (non-hydrogen) atoms. The van der Waals surface area contributed by atoms with Crippen molar-refractivity contribution in [1.29, 1.82) is 0 Å². The molecule has 0 amide bonds. The van der Waals surface area contributed by atoms with E-state index in [2.05, 4.69) is 19.9 Å². The smallest absolute Gasteiger partial charge is 0.339 e. The fourth-order valence-corrected chi connectivity index (χ4v) is 3.66. The number of carbonyl (C=O) groups excluding carboxylic acids is 1. The zero-order valence-electron chi connectivity index (χ0n) is 15.1. The van der Waals surface area contributed by atoms with Crippen LogP contribution in [0.5, 0.6) is 0 Å². The standard InChI is InChI=1S/C20H28O4/c1-13-6-5-10-20(4)17(24-20)9-11-19(3,22)12-16-15(8-7-13)14(2)18(21)23-16/h6,12,17,22H,5,7-11H2,1-4H3/b13-6+,16-12-/t17-,19+,20-/m0/s1. The minimum atomic E-state index is -1.01. The first kappa shape index (κ1) is 17.4. The molecule has 0 aromatic carbocycles. The number of hydrogen-bond donors (Lipinski definition) is 1. The van der Waals surface area contributed by atoms with Crippen LogP contribution in [0.15, 0.2) is 34.6 Å². The molecule has 0 bridgehead atoms. The second-order valence-electron chi connectivity index (χ2n) is 7.91. The summed E-state index contributed by atoms with van der Waals surface area (Å²) in [6, 6.07) is 0. The lowest BCUT2D eigenvalue weighted by molar-refractivity contribution is -0.133. The molecule has 1 N–H and O–H groups in total. The Morgan fingerprint density at radius 2 is 1.96 bits per heavy atom. The van der Waals surface area contributed by atoms with E-state index >= 15 is 0 Å². The van der Waals surface area contributed by atoms with Crippen molar-refractivity contribution in [2.24, 2.45) is 0 Å². The number of hydrogen-bond acceptors (Lipinski definition) is 4. The Labute approximate surface area is 144 Å². The quantitative estimate of drug-likeness (QED) is 0.414. The summed E-state index contributed by atoms with van der Waals surface area (Å²) in [7, 11) is 0. The number of fused-ring (bicyclic) bond motifs is 2.